The molecule has 0 bridgehead atoms. The number of rotatable bonds is 4. The first kappa shape index (κ1) is 15.5. The second-order valence-electron chi connectivity index (χ2n) is 4.88. The number of Topliss-reactive ketones (excluding diaryl/α,β-unsaturated/α-hetero) is 1. The van der Waals surface area contributed by atoms with Crippen LogP contribution >= 0.6 is 12.6 Å². The maximum Gasteiger partial charge on any atom is 0.169 e. The lowest BCUT2D eigenvalue weighted by atomic mass is 9.80. The van der Waals surface area contributed by atoms with Gasteiger partial charge in [-0.25, -0.2) is 4.39 Å². The number of halogens is 1. The van der Waals surface area contributed by atoms with Crippen LogP contribution in [0.4, 0.5) is 4.39 Å². The first-order valence-corrected chi connectivity index (χ1v) is 7.20. The Kier molecular flexibility index (Phi) is 5.29. The number of thiol groups is 1. The van der Waals surface area contributed by atoms with Gasteiger partial charge in [-0.3, -0.25) is 4.79 Å². The smallest absolute Gasteiger partial charge is 0.169 e. The van der Waals surface area contributed by atoms with Gasteiger partial charge in [0.25, 0.3) is 0 Å². The van der Waals surface area contributed by atoms with Crippen LogP contribution in [0.1, 0.15) is 28.8 Å². The second-order valence-corrected chi connectivity index (χ2v) is 5.10. The fourth-order valence-electron chi connectivity index (χ4n) is 2.57. The van der Waals surface area contributed by atoms with Crippen molar-refractivity contribution in [3.8, 4) is 11.3 Å². The molecular weight excluding hydrogens is 287 g/mol. The third-order valence-electron chi connectivity index (χ3n) is 3.64. The van der Waals surface area contributed by atoms with E-state index in [2.05, 4.69) is 34.6 Å². The molecule has 2 rings (SSSR count). The third kappa shape index (κ3) is 3.59. The Labute approximate surface area is 129 Å². The van der Waals surface area contributed by atoms with Crippen molar-refractivity contribution in [3.63, 3.8) is 0 Å². The number of allylic oxidation sites excluding steroid dienone is 1. The quantitative estimate of drug-likeness (QED) is 0.455. The summed E-state index contributed by atoms with van der Waals surface area (Å²) in [4.78, 5) is 12.5. The van der Waals surface area contributed by atoms with E-state index in [1.807, 2.05) is 6.07 Å². The Bertz CT molecular complexity index is 631. The van der Waals surface area contributed by atoms with Gasteiger partial charge in [-0.15, -0.1) is 0 Å². The van der Waals surface area contributed by atoms with Crippen molar-refractivity contribution in [1.82, 2.24) is 10.6 Å². The van der Waals surface area contributed by atoms with Crippen molar-refractivity contribution in [1.29, 1.82) is 0 Å². The highest BCUT2D eigenvalue weighted by Gasteiger charge is 2.30. The number of benzene rings is 1. The number of carbonyl (C=O) groups is 1. The van der Waals surface area contributed by atoms with Crippen LogP contribution in [0.25, 0.3) is 0 Å². The average Bonchev–Trinajstić information content (AvgIpc) is 2.49. The SMILES string of the molecule is CN/C(=C\NC#CS)CC1CCc2cccc(F)c2C1=O. The topological polar surface area (TPSA) is 41.1 Å². The van der Waals surface area contributed by atoms with E-state index in [1.54, 1.807) is 19.3 Å². The van der Waals surface area contributed by atoms with E-state index < -0.39 is 5.82 Å². The van der Waals surface area contributed by atoms with Gasteiger partial charge < -0.3 is 10.6 Å². The average molecular weight is 304 g/mol. The number of hydrogen-bond acceptors (Lipinski definition) is 4. The van der Waals surface area contributed by atoms with Crippen molar-refractivity contribution >= 4 is 18.4 Å². The van der Waals surface area contributed by atoms with Crippen LogP contribution in [-0.4, -0.2) is 12.8 Å². The number of hydrogen-bond donors (Lipinski definition) is 3. The van der Waals surface area contributed by atoms with Gasteiger partial charge in [0.15, 0.2) is 5.78 Å². The van der Waals surface area contributed by atoms with Gasteiger partial charge in [-0.05, 0) is 36.1 Å². The molecule has 0 radical (unpaired) electrons. The molecule has 0 spiro atoms. The maximum atomic E-state index is 13.9. The monoisotopic (exact) mass is 304 g/mol. The summed E-state index contributed by atoms with van der Waals surface area (Å²) >= 11 is 3.77. The maximum absolute atomic E-state index is 13.9. The Morgan fingerprint density at radius 1 is 1.57 bits per heavy atom. The van der Waals surface area contributed by atoms with Crippen LogP contribution in [0.2, 0.25) is 0 Å². The van der Waals surface area contributed by atoms with Gasteiger partial charge in [0.2, 0.25) is 0 Å². The molecule has 1 unspecified atom stereocenters. The van der Waals surface area contributed by atoms with E-state index in [0.717, 1.165) is 24.1 Å². The highest BCUT2D eigenvalue weighted by molar-refractivity contribution is 7.85. The van der Waals surface area contributed by atoms with Crippen LogP contribution in [-0.2, 0) is 6.42 Å². The largest absolute Gasteiger partial charge is 0.390 e. The van der Waals surface area contributed by atoms with Crippen LogP contribution in [0.15, 0.2) is 30.1 Å². The van der Waals surface area contributed by atoms with E-state index in [-0.39, 0.29) is 17.3 Å². The van der Waals surface area contributed by atoms with Crippen LogP contribution in [0.3, 0.4) is 0 Å². The predicted octanol–water partition coefficient (Wildman–Crippen LogP) is 2.46. The lowest BCUT2D eigenvalue weighted by Gasteiger charge is -2.24. The zero-order valence-electron chi connectivity index (χ0n) is 11.7. The molecule has 0 amide bonds. The molecule has 1 aromatic carbocycles. The van der Waals surface area contributed by atoms with Gasteiger partial charge in [-0.2, -0.15) is 0 Å². The normalized spacial score (nSPS) is 17.6. The molecule has 21 heavy (non-hydrogen) atoms. The summed E-state index contributed by atoms with van der Waals surface area (Å²) in [6, 6.07) is 7.41. The molecule has 0 heterocycles. The summed E-state index contributed by atoms with van der Waals surface area (Å²) in [6.45, 7) is 0. The summed E-state index contributed by atoms with van der Waals surface area (Å²) < 4.78 is 13.9. The Balaban J connectivity index is 2.15. The lowest BCUT2D eigenvalue weighted by Crippen LogP contribution is -2.26. The Morgan fingerprint density at radius 3 is 3.10 bits per heavy atom. The van der Waals surface area contributed by atoms with Crippen LogP contribution in [0, 0.1) is 23.0 Å². The van der Waals surface area contributed by atoms with Gasteiger partial charge in [0, 0.05) is 30.9 Å². The van der Waals surface area contributed by atoms with Crippen molar-refractivity contribution in [3.05, 3.63) is 47.0 Å². The zero-order valence-corrected chi connectivity index (χ0v) is 12.6. The number of carbonyl (C=O) groups excluding carboxylic acids is 1. The van der Waals surface area contributed by atoms with Gasteiger partial charge in [-0.1, -0.05) is 24.8 Å². The first-order chi connectivity index (χ1) is 10.2. The molecule has 1 aliphatic carbocycles. The molecule has 0 saturated heterocycles. The standard InChI is InChI=1S/C16H17FN2OS/c1-18-13(10-19-7-8-21)9-12-6-5-11-3-2-4-14(17)15(11)16(12)20/h2-4,10,12,18-19,21H,5-6,9H2,1H3/b13-10-. The van der Waals surface area contributed by atoms with Crippen LogP contribution < -0.4 is 10.6 Å². The van der Waals surface area contributed by atoms with Crippen LogP contribution in [0.5, 0.6) is 0 Å². The van der Waals surface area contributed by atoms with Crippen molar-refractivity contribution in [2.75, 3.05) is 7.05 Å². The number of ketones is 1. The highest BCUT2D eigenvalue weighted by Crippen LogP contribution is 2.30. The summed E-state index contributed by atoms with van der Waals surface area (Å²) in [5, 5.41) is 8.23. The molecule has 0 aliphatic heterocycles. The molecule has 5 heteroatoms. The minimum atomic E-state index is -0.420. The third-order valence-corrected chi connectivity index (χ3v) is 3.75. The molecule has 110 valence electrons. The van der Waals surface area contributed by atoms with Crippen molar-refractivity contribution in [2.24, 2.45) is 5.92 Å². The number of aryl methyl sites for hydroxylation is 1. The summed E-state index contributed by atoms with van der Waals surface area (Å²) in [5.74, 6) is -0.745. The fraction of sp³-hybridized carbons (Fsp3) is 0.312. The van der Waals surface area contributed by atoms with E-state index in [9.17, 15) is 9.18 Å². The Morgan fingerprint density at radius 2 is 2.38 bits per heavy atom. The van der Waals surface area contributed by atoms with Gasteiger partial charge in [0.1, 0.15) is 5.82 Å². The lowest BCUT2D eigenvalue weighted by molar-refractivity contribution is 0.0895. The van der Waals surface area contributed by atoms with Gasteiger partial charge in [0.05, 0.1) is 5.56 Å². The van der Waals surface area contributed by atoms with Gasteiger partial charge >= 0.3 is 0 Å². The predicted molar refractivity (Wildman–Crippen MR) is 84.2 cm³/mol. The molecule has 2 N–H and O–H groups in total. The van der Waals surface area contributed by atoms with Crippen molar-refractivity contribution < 1.29 is 9.18 Å². The molecule has 0 saturated carbocycles. The zero-order chi connectivity index (χ0) is 15.2. The summed E-state index contributed by atoms with van der Waals surface area (Å²) in [6.07, 6.45) is 3.69. The van der Waals surface area contributed by atoms with E-state index in [4.69, 9.17) is 0 Å². The van der Waals surface area contributed by atoms with E-state index in [1.165, 1.54) is 6.07 Å². The van der Waals surface area contributed by atoms with E-state index >= 15 is 0 Å². The molecule has 1 aromatic rings. The minimum Gasteiger partial charge on any atom is -0.390 e. The molecular formula is C16H17FN2OS. The van der Waals surface area contributed by atoms with E-state index in [0.29, 0.717) is 6.42 Å². The molecule has 1 aliphatic rings. The highest BCUT2D eigenvalue weighted by atomic mass is 32.1. The number of fused-ring (bicyclic) bond motifs is 1. The fourth-order valence-corrected chi connectivity index (χ4v) is 2.63. The first-order valence-electron chi connectivity index (χ1n) is 6.75. The molecule has 0 aromatic heterocycles. The number of nitrogens with one attached hydrogen (secondary N) is 2. The summed E-state index contributed by atoms with van der Waals surface area (Å²) in [5.41, 5.74) is 1.92. The second kappa shape index (κ2) is 7.19. The minimum absolute atomic E-state index is 0.115. The molecule has 0 fully saturated rings. The molecule has 3 nitrogen and oxygen atoms in total. The summed E-state index contributed by atoms with van der Waals surface area (Å²) in [7, 11) is 1.78. The Hall–Kier alpha value is -1.93. The molecule has 1 atom stereocenters. The van der Waals surface area contributed by atoms with Crippen molar-refractivity contribution in [2.45, 2.75) is 19.3 Å².